The van der Waals surface area contributed by atoms with E-state index < -0.39 is 18.8 Å². The van der Waals surface area contributed by atoms with Gasteiger partial charge in [0.2, 0.25) is 5.91 Å². The molecule has 5 aromatic carbocycles. The van der Waals surface area contributed by atoms with Crippen molar-refractivity contribution >= 4 is 39.9 Å². The average Bonchev–Trinajstić information content (AvgIpc) is 3.01. The molecule has 39 heavy (non-hydrogen) atoms. The fourth-order valence-electron chi connectivity index (χ4n) is 5.06. The first-order valence-corrected chi connectivity index (χ1v) is 14.5. The first kappa shape index (κ1) is 26.0. The first-order valence-electron chi connectivity index (χ1n) is 12.8. The third kappa shape index (κ3) is 5.20. The van der Waals surface area contributed by atoms with Crippen LogP contribution in [0.5, 0.6) is 0 Å². The van der Waals surface area contributed by atoms with E-state index in [2.05, 4.69) is 41.7 Å². The highest BCUT2D eigenvalue weighted by molar-refractivity contribution is 7.95. The molecular formula is C34H29N2O2P. The van der Waals surface area contributed by atoms with E-state index in [0.717, 1.165) is 26.8 Å². The van der Waals surface area contributed by atoms with Crippen molar-refractivity contribution in [1.29, 1.82) is 0 Å². The van der Waals surface area contributed by atoms with Gasteiger partial charge in [-0.2, -0.15) is 0 Å². The normalized spacial score (nSPS) is 11.8. The summed E-state index contributed by atoms with van der Waals surface area (Å²) in [6.45, 7) is -2.74. The van der Waals surface area contributed by atoms with Crippen LogP contribution in [-0.2, 0) is 4.79 Å². The molecule has 1 atom stereocenters. The molecule has 0 bridgehead atoms. The van der Waals surface area contributed by atoms with Gasteiger partial charge in [0.15, 0.2) is 0 Å². The van der Waals surface area contributed by atoms with Crippen LogP contribution in [0.4, 0.5) is 0 Å². The summed E-state index contributed by atoms with van der Waals surface area (Å²) in [6.07, 6.45) is 0. The van der Waals surface area contributed by atoms with Gasteiger partial charge in [-0.1, -0.05) is 140 Å². The molecule has 0 aromatic heterocycles. The van der Waals surface area contributed by atoms with Gasteiger partial charge >= 0.3 is 0 Å². The van der Waals surface area contributed by atoms with Crippen molar-refractivity contribution < 1.29 is 9.59 Å². The molecule has 0 unspecified atom stereocenters. The van der Waals surface area contributed by atoms with Crippen molar-refractivity contribution in [1.82, 2.24) is 5.32 Å². The minimum atomic E-state index is -2.74. The maximum atomic E-state index is 13.5. The molecule has 0 radical (unpaired) electrons. The Morgan fingerprint density at radius 3 is 1.21 bits per heavy atom. The Morgan fingerprint density at radius 2 is 0.846 bits per heavy atom. The van der Waals surface area contributed by atoms with Gasteiger partial charge in [0, 0.05) is 10.9 Å². The zero-order chi connectivity index (χ0) is 27.1. The van der Waals surface area contributed by atoms with Crippen LogP contribution in [0, 0.1) is 0 Å². The number of benzene rings is 5. The monoisotopic (exact) mass is 528 g/mol. The number of primary amides is 1. The number of carbonyl (C=O) groups is 2. The summed E-state index contributed by atoms with van der Waals surface area (Å²) in [4.78, 5) is 26.9. The van der Waals surface area contributed by atoms with E-state index in [1.165, 1.54) is 0 Å². The molecule has 0 heterocycles. The fourth-order valence-corrected chi connectivity index (χ4v) is 9.76. The summed E-state index contributed by atoms with van der Waals surface area (Å²) in [7, 11) is 0. The predicted octanol–water partition coefficient (Wildman–Crippen LogP) is 4.49. The summed E-state index contributed by atoms with van der Waals surface area (Å²) in [5, 5.41) is 6.97. The minimum absolute atomic E-state index is 0.361. The van der Waals surface area contributed by atoms with Gasteiger partial charge in [-0.3, -0.25) is 9.59 Å². The lowest BCUT2D eigenvalue weighted by Crippen LogP contribution is -2.52. The second-order valence-electron chi connectivity index (χ2n) is 9.10. The summed E-state index contributed by atoms with van der Waals surface area (Å²) in [6, 6.07) is 48.3. The molecule has 0 fully saturated rings. The lowest BCUT2D eigenvalue weighted by molar-refractivity contribution is -0.118. The number of rotatable bonds is 8. The maximum Gasteiger partial charge on any atom is 0.252 e. The molecule has 4 nitrogen and oxygen atoms in total. The molecule has 0 spiro atoms. The zero-order valence-corrected chi connectivity index (χ0v) is 22.2. The highest BCUT2D eigenvalue weighted by Gasteiger charge is 2.37. The number of amides is 2. The van der Waals surface area contributed by atoms with Crippen LogP contribution in [0.3, 0.4) is 0 Å². The van der Waals surface area contributed by atoms with Gasteiger partial charge in [-0.25, -0.2) is 0 Å². The molecular weight excluding hydrogens is 499 g/mol. The van der Waals surface area contributed by atoms with Crippen LogP contribution >= 0.6 is 6.89 Å². The number of nitrogens with two attached hydrogens (primary N) is 1. The summed E-state index contributed by atoms with van der Waals surface area (Å²) in [5.74, 6) is -0.981. The SMILES string of the molecule is NC(=O)[C@@H](NC(=O)c1ccccc1)C(c1ccccc1)=P(c1ccccc1)(c1ccccc1)c1ccccc1. The van der Waals surface area contributed by atoms with Crippen molar-refractivity contribution in [2.24, 2.45) is 5.73 Å². The van der Waals surface area contributed by atoms with E-state index in [1.54, 1.807) is 24.3 Å². The Labute approximate surface area is 229 Å². The predicted molar refractivity (Wildman–Crippen MR) is 163 cm³/mol. The molecule has 0 aliphatic carbocycles. The molecule has 5 heteroatoms. The van der Waals surface area contributed by atoms with E-state index in [0.29, 0.717) is 5.56 Å². The Bertz CT molecular complexity index is 1500. The zero-order valence-electron chi connectivity index (χ0n) is 21.4. The largest absolute Gasteiger partial charge is 0.368 e. The van der Waals surface area contributed by atoms with Crippen LogP contribution in [0.25, 0.3) is 0 Å². The van der Waals surface area contributed by atoms with Crippen LogP contribution in [0.2, 0.25) is 0 Å². The standard InChI is InChI=1S/C34H29N2O2P/c35-33(37)31(36-34(38)27-18-8-2-9-19-27)32(26-16-6-1-7-17-26)39(28-20-10-3-11-21-28,29-22-12-4-13-23-29)30-24-14-5-15-25-30/h1-25,31H,(H2,35,37)(H,36,38)/t31-/m0/s1. The topological polar surface area (TPSA) is 72.2 Å². The molecule has 5 aromatic rings. The Hall–Kier alpha value is -4.66. The van der Waals surface area contributed by atoms with E-state index >= 15 is 0 Å². The molecule has 0 saturated heterocycles. The summed E-state index contributed by atoms with van der Waals surface area (Å²) in [5.41, 5.74) is 7.48. The van der Waals surface area contributed by atoms with E-state index in [1.807, 2.05) is 91.0 Å². The molecule has 2 amide bonds. The van der Waals surface area contributed by atoms with Gasteiger partial charge < -0.3 is 11.1 Å². The maximum absolute atomic E-state index is 13.5. The van der Waals surface area contributed by atoms with E-state index in [9.17, 15) is 9.59 Å². The molecule has 192 valence electrons. The lowest BCUT2D eigenvalue weighted by Gasteiger charge is -2.36. The molecule has 3 N–H and O–H groups in total. The summed E-state index contributed by atoms with van der Waals surface area (Å²) < 4.78 is 0. The number of nitrogens with one attached hydrogen (secondary N) is 1. The van der Waals surface area contributed by atoms with Crippen molar-refractivity contribution in [3.63, 3.8) is 0 Å². The lowest BCUT2D eigenvalue weighted by atomic mass is 10.0. The van der Waals surface area contributed by atoms with Gasteiger partial charge in [0.05, 0.1) is 0 Å². The number of hydrogen-bond donors (Lipinski definition) is 2. The van der Waals surface area contributed by atoms with Crippen molar-refractivity contribution in [3.8, 4) is 0 Å². The van der Waals surface area contributed by atoms with Gasteiger partial charge in [-0.05, 0) is 40.5 Å². The number of hydrogen-bond acceptors (Lipinski definition) is 2. The quantitative estimate of drug-likeness (QED) is 0.292. The fraction of sp³-hybridized carbons (Fsp3) is 0.0294. The van der Waals surface area contributed by atoms with Crippen LogP contribution in [0.15, 0.2) is 152 Å². The second kappa shape index (κ2) is 11.8. The minimum Gasteiger partial charge on any atom is -0.368 e. The Kier molecular flexibility index (Phi) is 7.86. The van der Waals surface area contributed by atoms with Crippen molar-refractivity contribution in [2.45, 2.75) is 6.04 Å². The average molecular weight is 529 g/mol. The van der Waals surface area contributed by atoms with Gasteiger partial charge in [0.25, 0.3) is 5.91 Å². The summed E-state index contributed by atoms with van der Waals surface area (Å²) >= 11 is 0. The highest BCUT2D eigenvalue weighted by Crippen LogP contribution is 2.48. The molecule has 5 rings (SSSR count). The number of carbonyl (C=O) groups excluding carboxylic acids is 2. The van der Waals surface area contributed by atoms with E-state index in [4.69, 9.17) is 5.73 Å². The van der Waals surface area contributed by atoms with E-state index in [-0.39, 0.29) is 5.91 Å². The van der Waals surface area contributed by atoms with Crippen molar-refractivity contribution in [3.05, 3.63) is 163 Å². The molecule has 0 aliphatic heterocycles. The first-order chi connectivity index (χ1) is 19.1. The van der Waals surface area contributed by atoms with Crippen LogP contribution < -0.4 is 27.0 Å². The third-order valence-corrected chi connectivity index (χ3v) is 11.2. The third-order valence-electron chi connectivity index (χ3n) is 6.73. The Balaban J connectivity index is 1.96. The van der Waals surface area contributed by atoms with Crippen molar-refractivity contribution in [2.75, 3.05) is 0 Å². The van der Waals surface area contributed by atoms with Crippen LogP contribution in [0.1, 0.15) is 15.9 Å². The smallest absolute Gasteiger partial charge is 0.252 e. The molecule has 0 saturated carbocycles. The van der Waals surface area contributed by atoms with Gasteiger partial charge in [-0.15, -0.1) is 0 Å². The highest BCUT2D eigenvalue weighted by atomic mass is 31.2. The van der Waals surface area contributed by atoms with Crippen LogP contribution in [-0.4, -0.2) is 23.1 Å². The second-order valence-corrected chi connectivity index (χ2v) is 12.5. The molecule has 0 aliphatic rings. The van der Waals surface area contributed by atoms with Gasteiger partial charge in [0.1, 0.15) is 6.04 Å². The Morgan fingerprint density at radius 1 is 0.513 bits per heavy atom.